The molecular formula is C15H11FN2O3. The number of H-pyrrole nitrogens is 1. The van der Waals surface area contributed by atoms with Gasteiger partial charge in [0, 0.05) is 5.69 Å². The van der Waals surface area contributed by atoms with E-state index in [0.29, 0.717) is 22.4 Å². The summed E-state index contributed by atoms with van der Waals surface area (Å²) < 4.78 is 17.9. The Kier molecular flexibility index (Phi) is 3.27. The van der Waals surface area contributed by atoms with Crippen LogP contribution in [0.3, 0.4) is 0 Å². The van der Waals surface area contributed by atoms with Crippen LogP contribution in [0.25, 0.3) is 11.1 Å². The maximum absolute atomic E-state index is 13.0. The van der Waals surface area contributed by atoms with Gasteiger partial charge in [-0.15, -0.1) is 0 Å². The second kappa shape index (κ2) is 5.24. The Hall–Kier alpha value is -2.89. The van der Waals surface area contributed by atoms with Gasteiger partial charge in [0.1, 0.15) is 5.82 Å². The molecule has 6 heteroatoms. The third kappa shape index (κ3) is 3.00. The molecule has 0 unspecified atom stereocenters. The highest BCUT2D eigenvalue weighted by atomic mass is 19.1. The number of anilines is 1. The van der Waals surface area contributed by atoms with Crippen molar-refractivity contribution >= 4 is 22.7 Å². The molecule has 2 N–H and O–H groups in total. The number of carbonyl (C=O) groups excluding carboxylic acids is 1. The highest BCUT2D eigenvalue weighted by Gasteiger charge is 2.07. The van der Waals surface area contributed by atoms with Crippen LogP contribution < -0.4 is 11.1 Å². The van der Waals surface area contributed by atoms with Gasteiger partial charge in [0.2, 0.25) is 5.91 Å². The quantitative estimate of drug-likeness (QED) is 0.776. The average Bonchev–Trinajstić information content (AvgIpc) is 2.78. The van der Waals surface area contributed by atoms with E-state index in [1.54, 1.807) is 24.3 Å². The van der Waals surface area contributed by atoms with Crippen LogP contribution in [0.2, 0.25) is 0 Å². The van der Waals surface area contributed by atoms with Crippen molar-refractivity contribution in [2.75, 3.05) is 5.32 Å². The Balaban J connectivity index is 1.75. The zero-order valence-corrected chi connectivity index (χ0v) is 10.9. The Morgan fingerprint density at radius 1 is 1.24 bits per heavy atom. The topological polar surface area (TPSA) is 75.1 Å². The van der Waals surface area contributed by atoms with Gasteiger partial charge in [-0.05, 0) is 35.9 Å². The molecule has 1 aromatic heterocycles. The minimum absolute atomic E-state index is 0.111. The van der Waals surface area contributed by atoms with E-state index in [2.05, 4.69) is 10.3 Å². The maximum Gasteiger partial charge on any atom is 0.417 e. The number of nitrogens with one attached hydrogen (secondary N) is 2. The third-order valence-corrected chi connectivity index (χ3v) is 2.96. The van der Waals surface area contributed by atoms with Crippen LogP contribution in [-0.2, 0) is 11.2 Å². The molecule has 0 atom stereocenters. The van der Waals surface area contributed by atoms with E-state index >= 15 is 0 Å². The van der Waals surface area contributed by atoms with Crippen molar-refractivity contribution < 1.29 is 13.6 Å². The molecule has 21 heavy (non-hydrogen) atoms. The number of carbonyl (C=O) groups is 1. The average molecular weight is 286 g/mol. The van der Waals surface area contributed by atoms with Crippen LogP contribution in [0.15, 0.2) is 51.7 Å². The normalized spacial score (nSPS) is 10.7. The van der Waals surface area contributed by atoms with Gasteiger partial charge in [-0.2, -0.15) is 0 Å². The van der Waals surface area contributed by atoms with E-state index in [9.17, 15) is 14.0 Å². The first-order valence-electron chi connectivity index (χ1n) is 6.27. The first-order chi connectivity index (χ1) is 10.1. The second-order valence-electron chi connectivity index (χ2n) is 4.58. The van der Waals surface area contributed by atoms with E-state index in [1.807, 2.05) is 0 Å². The summed E-state index contributed by atoms with van der Waals surface area (Å²) in [6.45, 7) is 0. The van der Waals surface area contributed by atoms with Gasteiger partial charge in [0.25, 0.3) is 0 Å². The van der Waals surface area contributed by atoms with E-state index in [-0.39, 0.29) is 12.3 Å². The number of halogens is 1. The Morgan fingerprint density at radius 2 is 2.10 bits per heavy atom. The number of oxazole rings is 1. The van der Waals surface area contributed by atoms with Gasteiger partial charge in [-0.1, -0.05) is 12.1 Å². The summed E-state index contributed by atoms with van der Waals surface area (Å²) >= 11 is 0. The Morgan fingerprint density at radius 3 is 2.90 bits per heavy atom. The highest BCUT2D eigenvalue weighted by Crippen LogP contribution is 2.14. The van der Waals surface area contributed by atoms with Crippen molar-refractivity contribution in [3.63, 3.8) is 0 Å². The fraction of sp³-hybridized carbons (Fsp3) is 0.0667. The van der Waals surface area contributed by atoms with E-state index in [0.717, 1.165) is 0 Å². The number of fused-ring (bicyclic) bond motifs is 1. The summed E-state index contributed by atoms with van der Waals surface area (Å²) in [4.78, 5) is 25.5. The molecule has 0 aliphatic heterocycles. The molecule has 106 valence electrons. The zero-order chi connectivity index (χ0) is 14.8. The van der Waals surface area contributed by atoms with Crippen molar-refractivity contribution in [3.8, 4) is 0 Å². The van der Waals surface area contributed by atoms with Crippen LogP contribution in [0.1, 0.15) is 5.56 Å². The van der Waals surface area contributed by atoms with Gasteiger partial charge in [0.15, 0.2) is 5.58 Å². The monoisotopic (exact) mass is 286 g/mol. The van der Waals surface area contributed by atoms with Crippen molar-refractivity contribution in [3.05, 3.63) is 64.4 Å². The number of amides is 1. The lowest BCUT2D eigenvalue weighted by Crippen LogP contribution is -2.14. The minimum atomic E-state index is -0.536. The highest BCUT2D eigenvalue weighted by molar-refractivity contribution is 5.92. The summed E-state index contributed by atoms with van der Waals surface area (Å²) in [6, 6.07) is 10.7. The van der Waals surface area contributed by atoms with E-state index in [4.69, 9.17) is 4.42 Å². The van der Waals surface area contributed by atoms with Crippen LogP contribution in [0.5, 0.6) is 0 Å². The molecule has 0 aliphatic carbocycles. The molecule has 0 radical (unpaired) electrons. The molecule has 2 aromatic carbocycles. The molecular weight excluding hydrogens is 275 g/mol. The Bertz CT molecular complexity index is 866. The first-order valence-corrected chi connectivity index (χ1v) is 6.27. The smallest absolute Gasteiger partial charge is 0.408 e. The van der Waals surface area contributed by atoms with Gasteiger partial charge in [-0.25, -0.2) is 9.18 Å². The van der Waals surface area contributed by atoms with Gasteiger partial charge in [-0.3, -0.25) is 9.78 Å². The standard InChI is InChI=1S/C15H11FN2O3/c16-10-2-1-3-11(8-10)17-14(19)7-9-4-5-13-12(6-9)18-15(20)21-13/h1-6,8H,7H2,(H,17,19)(H,18,20). The van der Waals surface area contributed by atoms with E-state index < -0.39 is 11.6 Å². The van der Waals surface area contributed by atoms with Crippen molar-refractivity contribution in [1.82, 2.24) is 4.98 Å². The summed E-state index contributed by atoms with van der Waals surface area (Å²) in [6.07, 6.45) is 0.111. The predicted molar refractivity (Wildman–Crippen MR) is 75.6 cm³/mol. The first kappa shape index (κ1) is 13.1. The number of hydrogen-bond acceptors (Lipinski definition) is 3. The molecule has 0 saturated carbocycles. The van der Waals surface area contributed by atoms with Crippen LogP contribution in [0.4, 0.5) is 10.1 Å². The predicted octanol–water partition coefficient (Wildman–Crippen LogP) is 2.44. The maximum atomic E-state index is 13.0. The molecule has 0 spiro atoms. The molecule has 3 rings (SSSR count). The lowest BCUT2D eigenvalue weighted by molar-refractivity contribution is -0.115. The van der Waals surface area contributed by atoms with Crippen LogP contribution in [0, 0.1) is 5.82 Å². The molecule has 0 saturated heterocycles. The summed E-state index contributed by atoms with van der Waals surface area (Å²) in [5.41, 5.74) is 2.09. The number of hydrogen-bond donors (Lipinski definition) is 2. The minimum Gasteiger partial charge on any atom is -0.408 e. The van der Waals surface area contributed by atoms with Gasteiger partial charge < -0.3 is 9.73 Å². The third-order valence-electron chi connectivity index (χ3n) is 2.96. The molecule has 1 amide bonds. The molecule has 3 aromatic rings. The fourth-order valence-electron chi connectivity index (χ4n) is 2.07. The number of rotatable bonds is 3. The summed E-state index contributed by atoms with van der Waals surface area (Å²) in [7, 11) is 0. The fourth-order valence-corrected chi connectivity index (χ4v) is 2.07. The lowest BCUT2D eigenvalue weighted by atomic mass is 10.1. The van der Waals surface area contributed by atoms with Crippen molar-refractivity contribution in [1.29, 1.82) is 0 Å². The van der Waals surface area contributed by atoms with Crippen molar-refractivity contribution in [2.24, 2.45) is 0 Å². The molecule has 0 fully saturated rings. The van der Waals surface area contributed by atoms with Crippen LogP contribution >= 0.6 is 0 Å². The lowest BCUT2D eigenvalue weighted by Gasteiger charge is -2.05. The zero-order valence-electron chi connectivity index (χ0n) is 10.9. The second-order valence-corrected chi connectivity index (χ2v) is 4.58. The summed E-state index contributed by atoms with van der Waals surface area (Å²) in [5.74, 6) is -1.22. The van der Waals surface area contributed by atoms with Crippen molar-refractivity contribution in [2.45, 2.75) is 6.42 Å². The van der Waals surface area contributed by atoms with Crippen LogP contribution in [-0.4, -0.2) is 10.9 Å². The summed E-state index contributed by atoms with van der Waals surface area (Å²) in [5, 5.41) is 2.61. The molecule has 5 nitrogen and oxygen atoms in total. The molecule has 0 bridgehead atoms. The largest absolute Gasteiger partial charge is 0.417 e. The molecule has 0 aliphatic rings. The SMILES string of the molecule is O=C(Cc1ccc2oc(=O)[nH]c2c1)Nc1cccc(F)c1. The van der Waals surface area contributed by atoms with E-state index in [1.165, 1.54) is 18.2 Å². The van der Waals surface area contributed by atoms with Gasteiger partial charge >= 0.3 is 5.76 Å². The molecule has 1 heterocycles. The Labute approximate surface area is 118 Å². The number of benzene rings is 2. The van der Waals surface area contributed by atoms with Gasteiger partial charge in [0.05, 0.1) is 11.9 Å². The number of aromatic nitrogens is 1. The number of aromatic amines is 1.